The van der Waals surface area contributed by atoms with E-state index in [2.05, 4.69) is 45.5 Å². The first kappa shape index (κ1) is 20.2. The molecule has 0 spiro atoms. The number of para-hydroxylation sites is 1. The van der Waals surface area contributed by atoms with Crippen LogP contribution in [0.4, 0.5) is 16.2 Å². The van der Waals surface area contributed by atoms with Crippen LogP contribution in [0.15, 0.2) is 81.0 Å². The maximum absolute atomic E-state index is 13.1. The van der Waals surface area contributed by atoms with Crippen LogP contribution < -0.4 is 5.32 Å². The molecule has 0 radical (unpaired) electrons. The molecule has 0 saturated heterocycles. The predicted octanol–water partition coefficient (Wildman–Crippen LogP) is 8.06. The average Bonchev–Trinajstić information content (AvgIpc) is 3.10. The molecule has 0 bridgehead atoms. The van der Waals surface area contributed by atoms with Crippen molar-refractivity contribution in [1.29, 1.82) is 0 Å². The van der Waals surface area contributed by atoms with Gasteiger partial charge in [-0.05, 0) is 63.2 Å². The first-order valence-corrected chi connectivity index (χ1v) is 11.6. The molecule has 4 nitrogen and oxygen atoms in total. The molecular formula is C25H21BrN2O2S. The van der Waals surface area contributed by atoms with E-state index in [9.17, 15) is 4.79 Å². The van der Waals surface area contributed by atoms with Gasteiger partial charge in [0, 0.05) is 25.2 Å². The fraction of sp³-hybridized carbons (Fsp3) is 0.160. The van der Waals surface area contributed by atoms with Crippen molar-refractivity contribution in [2.75, 3.05) is 5.32 Å². The number of anilines is 2. The lowest BCUT2D eigenvalue weighted by Gasteiger charge is -2.23. The van der Waals surface area contributed by atoms with Gasteiger partial charge in [0.15, 0.2) is 0 Å². The van der Waals surface area contributed by atoms with Crippen LogP contribution in [0.1, 0.15) is 20.8 Å². The summed E-state index contributed by atoms with van der Waals surface area (Å²) in [5, 5.41) is 4.50. The average molecular weight is 493 g/mol. The maximum atomic E-state index is 13.1. The Morgan fingerprint density at radius 3 is 2.45 bits per heavy atom. The van der Waals surface area contributed by atoms with E-state index < -0.39 is 5.60 Å². The van der Waals surface area contributed by atoms with Gasteiger partial charge in [-0.3, -0.25) is 0 Å². The van der Waals surface area contributed by atoms with Crippen LogP contribution in [0.25, 0.3) is 22.2 Å². The van der Waals surface area contributed by atoms with Crippen molar-refractivity contribution in [3.8, 4) is 11.3 Å². The third-order valence-electron chi connectivity index (χ3n) is 5.00. The number of halogens is 1. The van der Waals surface area contributed by atoms with E-state index in [1.807, 2.05) is 63.2 Å². The van der Waals surface area contributed by atoms with Gasteiger partial charge in [0.1, 0.15) is 5.60 Å². The molecule has 0 atom stereocenters. The van der Waals surface area contributed by atoms with E-state index in [4.69, 9.17) is 4.74 Å². The summed E-state index contributed by atoms with van der Waals surface area (Å²) in [6, 6.07) is 22.4. The monoisotopic (exact) mass is 492 g/mol. The van der Waals surface area contributed by atoms with Gasteiger partial charge in [-0.1, -0.05) is 52.0 Å². The maximum Gasteiger partial charge on any atom is 0.419 e. The highest BCUT2D eigenvalue weighted by Crippen LogP contribution is 2.46. The number of carbonyl (C=O) groups is 1. The fourth-order valence-corrected chi connectivity index (χ4v) is 5.27. The van der Waals surface area contributed by atoms with Crippen LogP contribution >= 0.6 is 27.7 Å². The molecule has 0 aliphatic carbocycles. The van der Waals surface area contributed by atoms with Gasteiger partial charge in [-0.15, -0.1) is 0 Å². The molecular weight excluding hydrogens is 472 g/mol. The normalized spacial score (nSPS) is 12.8. The van der Waals surface area contributed by atoms with Crippen LogP contribution in [0.2, 0.25) is 0 Å². The van der Waals surface area contributed by atoms with Crippen molar-refractivity contribution in [2.24, 2.45) is 0 Å². The molecule has 4 aromatic rings. The largest absolute Gasteiger partial charge is 0.443 e. The summed E-state index contributed by atoms with van der Waals surface area (Å²) in [6.07, 6.45) is -0.374. The van der Waals surface area contributed by atoms with Crippen LogP contribution in [-0.4, -0.2) is 16.3 Å². The predicted molar refractivity (Wildman–Crippen MR) is 131 cm³/mol. The summed E-state index contributed by atoms with van der Waals surface area (Å²) in [4.78, 5) is 15.4. The Bertz CT molecular complexity index is 1340. The van der Waals surface area contributed by atoms with Crippen molar-refractivity contribution < 1.29 is 9.53 Å². The van der Waals surface area contributed by atoms with Crippen LogP contribution in [0, 0.1) is 0 Å². The van der Waals surface area contributed by atoms with Gasteiger partial charge in [0.25, 0.3) is 0 Å². The number of benzene rings is 3. The number of nitrogens with zero attached hydrogens (tertiary/aromatic N) is 1. The number of rotatable bonds is 1. The van der Waals surface area contributed by atoms with Crippen LogP contribution in [0.3, 0.4) is 0 Å². The number of hydrogen-bond donors (Lipinski definition) is 1. The topological polar surface area (TPSA) is 43.3 Å². The Labute approximate surface area is 193 Å². The number of nitrogens with one attached hydrogen (secondary N) is 1. The second kappa shape index (κ2) is 7.46. The van der Waals surface area contributed by atoms with E-state index >= 15 is 0 Å². The van der Waals surface area contributed by atoms with Gasteiger partial charge in [0.2, 0.25) is 0 Å². The number of ether oxygens (including phenoxy) is 1. The summed E-state index contributed by atoms with van der Waals surface area (Å²) in [5.41, 5.74) is 4.20. The molecule has 1 N–H and O–H groups in total. The lowest BCUT2D eigenvalue weighted by Crippen LogP contribution is -2.27. The van der Waals surface area contributed by atoms with Crippen molar-refractivity contribution in [2.45, 2.75) is 36.2 Å². The summed E-state index contributed by atoms with van der Waals surface area (Å²) >= 11 is 5.27. The molecule has 5 rings (SSSR count). The SMILES string of the molecule is CC(C)(C)OC(=O)n1c(-c2ccc3c(c2)Sc2cc(Br)ccc2N3)cc2ccccc21. The number of carbonyl (C=O) groups excluding carboxylic acids is 1. The van der Waals surface area contributed by atoms with Gasteiger partial charge in [0.05, 0.1) is 22.6 Å². The molecule has 156 valence electrons. The molecule has 0 fully saturated rings. The van der Waals surface area contributed by atoms with Gasteiger partial charge >= 0.3 is 6.09 Å². The zero-order valence-corrected chi connectivity index (χ0v) is 19.8. The number of fused-ring (bicyclic) bond motifs is 3. The Kier molecular flexibility index (Phi) is 4.87. The Balaban J connectivity index is 1.61. The molecule has 31 heavy (non-hydrogen) atoms. The van der Waals surface area contributed by atoms with E-state index in [1.54, 1.807) is 16.3 Å². The third-order valence-corrected chi connectivity index (χ3v) is 6.61. The molecule has 1 aromatic heterocycles. The van der Waals surface area contributed by atoms with E-state index in [0.29, 0.717) is 0 Å². The van der Waals surface area contributed by atoms with Crippen molar-refractivity contribution in [1.82, 2.24) is 4.57 Å². The molecule has 2 heterocycles. The molecule has 1 aliphatic heterocycles. The lowest BCUT2D eigenvalue weighted by molar-refractivity contribution is 0.0547. The minimum atomic E-state index is -0.577. The van der Waals surface area contributed by atoms with Gasteiger partial charge in [-0.25, -0.2) is 9.36 Å². The van der Waals surface area contributed by atoms with Crippen molar-refractivity contribution in [3.63, 3.8) is 0 Å². The molecule has 3 aromatic carbocycles. The first-order chi connectivity index (χ1) is 14.8. The van der Waals surface area contributed by atoms with E-state index in [1.165, 1.54) is 0 Å². The smallest absolute Gasteiger partial charge is 0.419 e. The van der Waals surface area contributed by atoms with Crippen LogP contribution in [-0.2, 0) is 4.74 Å². The highest BCUT2D eigenvalue weighted by molar-refractivity contribution is 9.10. The Hall–Kier alpha value is -2.70. The highest BCUT2D eigenvalue weighted by atomic mass is 79.9. The first-order valence-electron chi connectivity index (χ1n) is 10.0. The molecule has 0 amide bonds. The van der Waals surface area contributed by atoms with E-state index in [0.717, 1.165) is 47.8 Å². The fourth-order valence-electron chi connectivity index (χ4n) is 3.69. The number of hydrogen-bond acceptors (Lipinski definition) is 4. The highest BCUT2D eigenvalue weighted by Gasteiger charge is 2.24. The summed E-state index contributed by atoms with van der Waals surface area (Å²) < 4.78 is 8.45. The number of aromatic nitrogens is 1. The zero-order chi connectivity index (χ0) is 21.8. The quantitative estimate of drug-likeness (QED) is 0.257. The minimum absolute atomic E-state index is 0.374. The molecule has 1 aliphatic rings. The zero-order valence-electron chi connectivity index (χ0n) is 17.4. The Morgan fingerprint density at radius 2 is 1.68 bits per heavy atom. The Morgan fingerprint density at radius 1 is 0.968 bits per heavy atom. The minimum Gasteiger partial charge on any atom is -0.443 e. The summed E-state index contributed by atoms with van der Waals surface area (Å²) in [7, 11) is 0. The van der Waals surface area contributed by atoms with Crippen molar-refractivity contribution in [3.05, 3.63) is 71.2 Å². The van der Waals surface area contributed by atoms with E-state index in [-0.39, 0.29) is 6.09 Å². The standard InChI is InChI=1S/C25H21BrN2O2S/c1-25(2,3)30-24(29)28-20-7-5-4-6-15(20)12-21(28)16-8-10-18-22(13-16)31-23-14-17(26)9-11-19(23)27-18/h4-14,27H,1-3H3. The second-order valence-corrected chi connectivity index (χ2v) is 10.5. The van der Waals surface area contributed by atoms with Gasteiger partial charge in [-0.2, -0.15) is 0 Å². The summed E-state index contributed by atoms with van der Waals surface area (Å²) in [5.74, 6) is 0. The van der Waals surface area contributed by atoms with Crippen molar-refractivity contribution >= 4 is 56.1 Å². The molecule has 6 heteroatoms. The summed E-state index contributed by atoms with van der Waals surface area (Å²) in [6.45, 7) is 5.65. The molecule has 0 unspecified atom stereocenters. The second-order valence-electron chi connectivity index (χ2n) is 8.48. The lowest BCUT2D eigenvalue weighted by atomic mass is 10.1. The third kappa shape index (κ3) is 3.86. The van der Waals surface area contributed by atoms with Crippen LogP contribution in [0.5, 0.6) is 0 Å². The van der Waals surface area contributed by atoms with Gasteiger partial charge < -0.3 is 10.1 Å². The molecule has 0 saturated carbocycles.